The van der Waals surface area contributed by atoms with Crippen LogP contribution in [0, 0.1) is 0 Å². The number of aromatic carboxylic acids is 1. The van der Waals surface area contributed by atoms with Crippen molar-refractivity contribution < 1.29 is 14.6 Å². The van der Waals surface area contributed by atoms with E-state index in [1.165, 1.54) is 24.7 Å². The van der Waals surface area contributed by atoms with Crippen LogP contribution in [0.25, 0.3) is 0 Å². The van der Waals surface area contributed by atoms with Crippen molar-refractivity contribution in [3.8, 4) is 11.5 Å². The van der Waals surface area contributed by atoms with Gasteiger partial charge >= 0.3 is 5.97 Å². The van der Waals surface area contributed by atoms with Gasteiger partial charge in [0.25, 0.3) is 0 Å². The minimum absolute atomic E-state index is 0.0745. The van der Waals surface area contributed by atoms with Gasteiger partial charge in [0, 0.05) is 16.9 Å². The van der Waals surface area contributed by atoms with Crippen molar-refractivity contribution in [1.29, 1.82) is 0 Å². The molecule has 0 aliphatic heterocycles. The van der Waals surface area contributed by atoms with E-state index in [2.05, 4.69) is 25.9 Å². The van der Waals surface area contributed by atoms with Crippen LogP contribution >= 0.6 is 15.9 Å². The van der Waals surface area contributed by atoms with Gasteiger partial charge < -0.3 is 9.84 Å². The molecule has 0 atom stereocenters. The first-order valence-corrected chi connectivity index (χ1v) is 5.41. The van der Waals surface area contributed by atoms with Crippen LogP contribution in [-0.4, -0.2) is 21.0 Å². The summed E-state index contributed by atoms with van der Waals surface area (Å²) in [5, 5.41) is 8.80. The Labute approximate surface area is 105 Å². The van der Waals surface area contributed by atoms with Crippen molar-refractivity contribution in [3.63, 3.8) is 0 Å². The predicted octanol–water partition coefficient (Wildman–Crippen LogP) is 2.73. The molecule has 0 aliphatic rings. The van der Waals surface area contributed by atoms with Gasteiger partial charge in [-0.3, -0.25) is 9.97 Å². The number of carboxylic acids is 1. The van der Waals surface area contributed by atoms with Gasteiger partial charge in [0.15, 0.2) is 0 Å². The molecule has 0 radical (unpaired) electrons. The fraction of sp³-hybridized carbons (Fsp3) is 0. The van der Waals surface area contributed by atoms with Gasteiger partial charge in [0.1, 0.15) is 11.5 Å². The third kappa shape index (κ3) is 3.01. The van der Waals surface area contributed by atoms with E-state index in [-0.39, 0.29) is 5.56 Å². The van der Waals surface area contributed by atoms with E-state index in [1.807, 2.05) is 0 Å². The molecule has 0 spiro atoms. The zero-order valence-corrected chi connectivity index (χ0v) is 10.1. The third-order valence-corrected chi connectivity index (χ3v) is 2.31. The van der Waals surface area contributed by atoms with Crippen molar-refractivity contribution in [2.75, 3.05) is 0 Å². The topological polar surface area (TPSA) is 72.3 Å². The molecule has 1 N–H and O–H groups in total. The number of hydrogen-bond donors (Lipinski definition) is 1. The highest BCUT2D eigenvalue weighted by molar-refractivity contribution is 9.10. The molecule has 6 heteroatoms. The van der Waals surface area contributed by atoms with Crippen LogP contribution in [0.2, 0.25) is 0 Å². The zero-order valence-electron chi connectivity index (χ0n) is 8.50. The minimum atomic E-state index is -1.05. The number of pyridine rings is 2. The molecule has 2 rings (SSSR count). The second-order valence-corrected chi connectivity index (χ2v) is 4.07. The van der Waals surface area contributed by atoms with E-state index in [9.17, 15) is 4.79 Å². The number of halogens is 1. The predicted molar refractivity (Wildman–Crippen MR) is 63.2 cm³/mol. The normalized spacial score (nSPS) is 9.94. The van der Waals surface area contributed by atoms with Gasteiger partial charge in [-0.1, -0.05) is 0 Å². The molecule has 86 valence electrons. The Morgan fingerprint density at radius 1 is 1.12 bits per heavy atom. The van der Waals surface area contributed by atoms with Gasteiger partial charge in [-0.25, -0.2) is 4.79 Å². The Hall–Kier alpha value is -1.95. The first-order valence-electron chi connectivity index (χ1n) is 4.62. The van der Waals surface area contributed by atoms with Crippen molar-refractivity contribution in [1.82, 2.24) is 9.97 Å². The highest BCUT2D eigenvalue weighted by atomic mass is 79.9. The van der Waals surface area contributed by atoms with E-state index in [1.54, 1.807) is 12.3 Å². The number of nitrogens with zero attached hydrogens (tertiary/aromatic N) is 2. The maximum Gasteiger partial charge on any atom is 0.337 e. The average molecular weight is 295 g/mol. The van der Waals surface area contributed by atoms with Gasteiger partial charge in [0.05, 0.1) is 18.0 Å². The van der Waals surface area contributed by atoms with Crippen LogP contribution in [0.15, 0.2) is 41.4 Å². The number of ether oxygens (including phenoxy) is 1. The number of aromatic nitrogens is 2. The SMILES string of the molecule is O=C(O)c1cncc(Oc2cncc(Br)c2)c1. The first-order chi connectivity index (χ1) is 8.15. The van der Waals surface area contributed by atoms with Crippen molar-refractivity contribution in [3.05, 3.63) is 47.0 Å². The van der Waals surface area contributed by atoms with Crippen LogP contribution in [0.4, 0.5) is 0 Å². The molecule has 0 fully saturated rings. The van der Waals surface area contributed by atoms with Gasteiger partial charge in [-0.15, -0.1) is 0 Å². The highest BCUT2D eigenvalue weighted by Crippen LogP contribution is 2.23. The monoisotopic (exact) mass is 294 g/mol. The number of carboxylic acid groups (broad SMARTS) is 1. The van der Waals surface area contributed by atoms with E-state index in [0.717, 1.165) is 4.47 Å². The molecule has 2 aromatic rings. The van der Waals surface area contributed by atoms with Crippen molar-refractivity contribution in [2.24, 2.45) is 0 Å². The van der Waals surface area contributed by atoms with E-state index >= 15 is 0 Å². The molecular formula is C11H7BrN2O3. The fourth-order valence-corrected chi connectivity index (χ4v) is 1.52. The second-order valence-electron chi connectivity index (χ2n) is 3.16. The van der Waals surface area contributed by atoms with E-state index < -0.39 is 5.97 Å². The lowest BCUT2D eigenvalue weighted by Gasteiger charge is -2.05. The van der Waals surface area contributed by atoms with Gasteiger partial charge in [-0.05, 0) is 28.1 Å². The summed E-state index contributed by atoms with van der Waals surface area (Å²) < 4.78 is 6.21. The fourth-order valence-electron chi connectivity index (χ4n) is 1.18. The lowest BCUT2D eigenvalue weighted by atomic mass is 10.3. The molecule has 0 bridgehead atoms. The number of hydrogen-bond acceptors (Lipinski definition) is 4. The largest absolute Gasteiger partial charge is 0.478 e. The van der Waals surface area contributed by atoms with Gasteiger partial charge in [0.2, 0.25) is 0 Å². The molecule has 17 heavy (non-hydrogen) atoms. The summed E-state index contributed by atoms with van der Waals surface area (Å²) in [6.45, 7) is 0. The van der Waals surface area contributed by atoms with Crippen molar-refractivity contribution >= 4 is 21.9 Å². The standard InChI is InChI=1S/C11H7BrN2O3/c12-8-2-10(6-14-4-8)17-9-1-7(11(15)16)3-13-5-9/h1-6H,(H,15,16). The zero-order chi connectivity index (χ0) is 12.3. The van der Waals surface area contributed by atoms with Crippen LogP contribution in [0.3, 0.4) is 0 Å². The molecule has 2 aromatic heterocycles. The highest BCUT2D eigenvalue weighted by Gasteiger charge is 2.05. The lowest BCUT2D eigenvalue weighted by Crippen LogP contribution is -1.97. The Balaban J connectivity index is 2.24. The Bertz CT molecular complexity index is 560. The summed E-state index contributed by atoms with van der Waals surface area (Å²) in [7, 11) is 0. The van der Waals surface area contributed by atoms with Crippen LogP contribution in [0.5, 0.6) is 11.5 Å². The summed E-state index contributed by atoms with van der Waals surface area (Å²) in [4.78, 5) is 18.5. The minimum Gasteiger partial charge on any atom is -0.478 e. The van der Waals surface area contributed by atoms with Crippen LogP contribution in [-0.2, 0) is 0 Å². The number of carbonyl (C=O) groups is 1. The lowest BCUT2D eigenvalue weighted by molar-refractivity contribution is 0.0696. The summed E-state index contributed by atoms with van der Waals surface area (Å²) in [6, 6.07) is 3.12. The van der Waals surface area contributed by atoms with E-state index in [4.69, 9.17) is 9.84 Å². The molecule has 0 saturated carbocycles. The second kappa shape index (κ2) is 4.92. The number of rotatable bonds is 3. The first kappa shape index (κ1) is 11.5. The Kier molecular flexibility index (Phi) is 3.34. The molecule has 0 aliphatic carbocycles. The summed E-state index contributed by atoms with van der Waals surface area (Å²) in [5.74, 6) is -0.191. The average Bonchev–Trinajstić information content (AvgIpc) is 2.29. The maximum absolute atomic E-state index is 10.7. The molecule has 0 saturated heterocycles. The summed E-state index contributed by atoms with van der Waals surface area (Å²) >= 11 is 3.26. The smallest absolute Gasteiger partial charge is 0.337 e. The molecular weight excluding hydrogens is 288 g/mol. The molecule has 0 aromatic carbocycles. The molecule has 0 amide bonds. The van der Waals surface area contributed by atoms with Gasteiger partial charge in [-0.2, -0.15) is 0 Å². The third-order valence-electron chi connectivity index (χ3n) is 1.88. The van der Waals surface area contributed by atoms with Crippen LogP contribution in [0.1, 0.15) is 10.4 Å². The van der Waals surface area contributed by atoms with Crippen molar-refractivity contribution in [2.45, 2.75) is 0 Å². The molecule has 2 heterocycles. The molecule has 0 unspecified atom stereocenters. The van der Waals surface area contributed by atoms with E-state index in [0.29, 0.717) is 11.5 Å². The Morgan fingerprint density at radius 3 is 2.41 bits per heavy atom. The quantitative estimate of drug-likeness (QED) is 0.942. The van der Waals surface area contributed by atoms with Crippen LogP contribution < -0.4 is 4.74 Å². The maximum atomic E-state index is 10.7. The summed E-state index contributed by atoms with van der Waals surface area (Å²) in [6.07, 6.45) is 5.85. The molecule has 5 nitrogen and oxygen atoms in total. The Morgan fingerprint density at radius 2 is 1.76 bits per heavy atom. The summed E-state index contributed by atoms with van der Waals surface area (Å²) in [5.41, 5.74) is 0.0745.